The summed E-state index contributed by atoms with van der Waals surface area (Å²) < 4.78 is 18.6. The van der Waals surface area contributed by atoms with Crippen molar-refractivity contribution in [3.8, 4) is 0 Å². The lowest BCUT2D eigenvalue weighted by atomic mass is 10.1. The summed E-state index contributed by atoms with van der Waals surface area (Å²) in [7, 11) is 0. The minimum Gasteiger partial charge on any atom is -0.396 e. The van der Waals surface area contributed by atoms with Gasteiger partial charge >= 0.3 is 0 Å². The predicted octanol–water partition coefficient (Wildman–Crippen LogP) is 2.62. The smallest absolute Gasteiger partial charge is 0.246 e. The molecule has 1 aromatic rings. The Morgan fingerprint density at radius 2 is 2.00 bits per heavy atom. The molecule has 5 heteroatoms. The number of likely N-dealkylation sites (tertiary alicyclic amines) is 1. The average molecular weight is 321 g/mol. The highest BCUT2D eigenvalue weighted by atomic mass is 19.1. The van der Waals surface area contributed by atoms with Crippen LogP contribution < -0.4 is 0 Å². The Bertz CT molecular complexity index is 534. The Labute approximate surface area is 136 Å². The number of rotatable bonds is 6. The second-order valence-corrected chi connectivity index (χ2v) is 5.81. The van der Waals surface area contributed by atoms with Crippen LogP contribution in [0.5, 0.6) is 0 Å². The number of carbonyl (C=O) groups is 1. The van der Waals surface area contributed by atoms with Gasteiger partial charge < -0.3 is 14.7 Å². The molecule has 0 radical (unpaired) electrons. The maximum Gasteiger partial charge on any atom is 0.246 e. The van der Waals surface area contributed by atoms with E-state index in [1.807, 2.05) is 11.8 Å². The predicted molar refractivity (Wildman–Crippen MR) is 87.3 cm³/mol. The molecule has 1 aromatic carbocycles. The molecule has 1 fully saturated rings. The van der Waals surface area contributed by atoms with Gasteiger partial charge in [-0.2, -0.15) is 0 Å². The van der Waals surface area contributed by atoms with E-state index in [1.54, 1.807) is 18.2 Å². The second-order valence-electron chi connectivity index (χ2n) is 5.81. The summed E-state index contributed by atoms with van der Waals surface area (Å²) in [6.45, 7) is 3.92. The summed E-state index contributed by atoms with van der Waals surface area (Å²) >= 11 is 0. The van der Waals surface area contributed by atoms with Crippen LogP contribution in [0, 0.1) is 5.82 Å². The van der Waals surface area contributed by atoms with Crippen LogP contribution in [0.3, 0.4) is 0 Å². The van der Waals surface area contributed by atoms with E-state index in [-0.39, 0.29) is 24.4 Å². The number of benzene rings is 1. The van der Waals surface area contributed by atoms with Gasteiger partial charge in [0.2, 0.25) is 5.91 Å². The van der Waals surface area contributed by atoms with Crippen molar-refractivity contribution in [2.24, 2.45) is 0 Å². The second kappa shape index (κ2) is 8.79. The third-order valence-corrected chi connectivity index (χ3v) is 4.05. The van der Waals surface area contributed by atoms with Crippen LogP contribution in [-0.2, 0) is 9.53 Å². The van der Waals surface area contributed by atoms with E-state index in [1.165, 1.54) is 12.1 Å². The molecule has 0 unspecified atom stereocenters. The van der Waals surface area contributed by atoms with Crippen molar-refractivity contribution in [2.75, 3.05) is 26.3 Å². The fourth-order valence-corrected chi connectivity index (χ4v) is 2.63. The van der Waals surface area contributed by atoms with E-state index in [0.29, 0.717) is 26.1 Å². The fourth-order valence-electron chi connectivity index (χ4n) is 2.63. The number of hydrogen-bond acceptors (Lipinski definition) is 3. The lowest BCUT2D eigenvalue weighted by Crippen LogP contribution is -2.40. The molecule has 126 valence electrons. The number of carbonyl (C=O) groups excluding carboxylic acids is 1. The SMILES string of the molecule is C/C(=C/C(=O)N1CCC(OCCCO)CC1)c1ccc(F)cc1. The van der Waals surface area contributed by atoms with Gasteiger partial charge in [-0.05, 0) is 49.5 Å². The first kappa shape index (κ1) is 17.6. The molecule has 2 rings (SSSR count). The highest BCUT2D eigenvalue weighted by Gasteiger charge is 2.22. The molecule has 1 saturated heterocycles. The number of hydrogen-bond donors (Lipinski definition) is 1. The van der Waals surface area contributed by atoms with Crippen LogP contribution in [0.15, 0.2) is 30.3 Å². The van der Waals surface area contributed by atoms with Crippen molar-refractivity contribution >= 4 is 11.5 Å². The number of ether oxygens (including phenoxy) is 1. The summed E-state index contributed by atoms with van der Waals surface area (Å²) in [5.41, 5.74) is 1.68. The number of piperidine rings is 1. The molecule has 1 heterocycles. The molecular weight excluding hydrogens is 297 g/mol. The van der Waals surface area contributed by atoms with Crippen LogP contribution >= 0.6 is 0 Å². The summed E-state index contributed by atoms with van der Waals surface area (Å²) in [5.74, 6) is -0.295. The third kappa shape index (κ3) is 5.44. The van der Waals surface area contributed by atoms with E-state index in [9.17, 15) is 9.18 Å². The van der Waals surface area contributed by atoms with E-state index in [0.717, 1.165) is 24.0 Å². The Kier molecular flexibility index (Phi) is 6.74. The zero-order valence-corrected chi connectivity index (χ0v) is 13.5. The van der Waals surface area contributed by atoms with Crippen molar-refractivity contribution in [2.45, 2.75) is 32.3 Å². The topological polar surface area (TPSA) is 49.8 Å². The molecule has 1 N–H and O–H groups in total. The van der Waals surface area contributed by atoms with Crippen molar-refractivity contribution in [1.29, 1.82) is 0 Å². The van der Waals surface area contributed by atoms with E-state index in [4.69, 9.17) is 9.84 Å². The number of halogens is 1. The quantitative estimate of drug-likeness (QED) is 0.647. The first-order valence-electron chi connectivity index (χ1n) is 8.05. The van der Waals surface area contributed by atoms with Crippen LogP contribution in [0.2, 0.25) is 0 Å². The number of aliphatic hydroxyl groups is 1. The number of amides is 1. The Morgan fingerprint density at radius 3 is 2.61 bits per heavy atom. The first-order valence-corrected chi connectivity index (χ1v) is 8.05. The largest absolute Gasteiger partial charge is 0.396 e. The maximum atomic E-state index is 12.9. The number of allylic oxidation sites excluding steroid dienone is 1. The number of aliphatic hydroxyl groups excluding tert-OH is 1. The molecule has 0 saturated carbocycles. The van der Waals surface area contributed by atoms with Gasteiger partial charge in [0.05, 0.1) is 6.10 Å². The van der Waals surface area contributed by atoms with Crippen LogP contribution in [0.1, 0.15) is 31.7 Å². The van der Waals surface area contributed by atoms with Gasteiger partial charge in [-0.25, -0.2) is 4.39 Å². The molecule has 1 amide bonds. The molecule has 1 aliphatic heterocycles. The lowest BCUT2D eigenvalue weighted by Gasteiger charge is -2.31. The molecule has 0 spiro atoms. The van der Waals surface area contributed by atoms with Gasteiger partial charge in [-0.3, -0.25) is 4.79 Å². The van der Waals surface area contributed by atoms with Gasteiger partial charge in [0.1, 0.15) is 5.82 Å². The highest BCUT2D eigenvalue weighted by molar-refractivity contribution is 5.94. The number of nitrogens with zero attached hydrogens (tertiary/aromatic N) is 1. The molecule has 1 aliphatic rings. The molecule has 0 atom stereocenters. The maximum absolute atomic E-state index is 12.9. The van der Waals surface area contributed by atoms with Crippen LogP contribution in [0.25, 0.3) is 5.57 Å². The highest BCUT2D eigenvalue weighted by Crippen LogP contribution is 2.18. The van der Waals surface area contributed by atoms with Gasteiger partial charge in [-0.15, -0.1) is 0 Å². The van der Waals surface area contributed by atoms with Gasteiger partial charge in [0.15, 0.2) is 0 Å². The zero-order valence-electron chi connectivity index (χ0n) is 13.5. The fraction of sp³-hybridized carbons (Fsp3) is 0.500. The van der Waals surface area contributed by atoms with Crippen molar-refractivity contribution in [1.82, 2.24) is 4.90 Å². The Hall–Kier alpha value is -1.72. The monoisotopic (exact) mass is 321 g/mol. The minimum atomic E-state index is -0.281. The third-order valence-electron chi connectivity index (χ3n) is 4.05. The summed E-state index contributed by atoms with van der Waals surface area (Å²) in [4.78, 5) is 14.1. The minimum absolute atomic E-state index is 0.0133. The van der Waals surface area contributed by atoms with Gasteiger partial charge in [0.25, 0.3) is 0 Å². The van der Waals surface area contributed by atoms with E-state index in [2.05, 4.69) is 0 Å². The average Bonchev–Trinajstić information content (AvgIpc) is 2.56. The van der Waals surface area contributed by atoms with E-state index >= 15 is 0 Å². The molecule has 0 aliphatic carbocycles. The zero-order chi connectivity index (χ0) is 16.7. The molecule has 4 nitrogen and oxygen atoms in total. The van der Waals surface area contributed by atoms with Gasteiger partial charge in [-0.1, -0.05) is 12.1 Å². The standard InChI is InChI=1S/C18H24FNO3/c1-14(15-3-5-16(19)6-4-15)13-18(22)20-9-7-17(8-10-20)23-12-2-11-21/h3-6,13,17,21H,2,7-12H2,1H3/b14-13-. The van der Waals surface area contributed by atoms with Crippen molar-refractivity contribution in [3.05, 3.63) is 41.7 Å². The Morgan fingerprint density at radius 1 is 1.35 bits per heavy atom. The summed E-state index contributed by atoms with van der Waals surface area (Å²) in [6, 6.07) is 6.14. The molecular formula is C18H24FNO3. The van der Waals surface area contributed by atoms with Crippen LogP contribution in [0.4, 0.5) is 4.39 Å². The first-order chi connectivity index (χ1) is 11.1. The molecule has 23 heavy (non-hydrogen) atoms. The normalized spacial score (nSPS) is 16.7. The lowest BCUT2D eigenvalue weighted by molar-refractivity contribution is -0.128. The summed E-state index contributed by atoms with van der Waals surface area (Å²) in [6.07, 6.45) is 4.08. The molecule has 0 aromatic heterocycles. The Balaban J connectivity index is 1.84. The van der Waals surface area contributed by atoms with Crippen molar-refractivity contribution in [3.63, 3.8) is 0 Å². The molecule has 0 bridgehead atoms. The van der Waals surface area contributed by atoms with Gasteiger partial charge in [0, 0.05) is 32.4 Å². The van der Waals surface area contributed by atoms with Crippen molar-refractivity contribution < 1.29 is 19.0 Å². The summed E-state index contributed by atoms with van der Waals surface area (Å²) in [5, 5.41) is 8.74. The van der Waals surface area contributed by atoms with E-state index < -0.39 is 0 Å². The van der Waals surface area contributed by atoms with Crippen LogP contribution in [-0.4, -0.2) is 48.3 Å².